The highest BCUT2D eigenvalue weighted by Gasteiger charge is 2.36. The minimum absolute atomic E-state index is 0. The van der Waals surface area contributed by atoms with Crippen LogP contribution in [0.25, 0.3) is 0 Å². The van der Waals surface area contributed by atoms with E-state index in [2.05, 4.69) is 5.32 Å². The Hall–Kier alpha value is -1.44. The molecule has 0 aromatic heterocycles. The van der Waals surface area contributed by atoms with Crippen LogP contribution in [0.5, 0.6) is 0 Å². The molecule has 0 bridgehead atoms. The fourth-order valence-electron chi connectivity index (χ4n) is 2.19. The number of anilines is 1. The second-order valence-corrected chi connectivity index (χ2v) is 5.60. The number of alkyl halides is 2. The van der Waals surface area contributed by atoms with Crippen LogP contribution in [0.1, 0.15) is 6.42 Å². The lowest BCUT2D eigenvalue weighted by Crippen LogP contribution is -2.43. The Morgan fingerprint density at radius 1 is 1.39 bits per heavy atom. The Bertz CT molecular complexity index is 570. The van der Waals surface area contributed by atoms with Gasteiger partial charge in [0.05, 0.1) is 19.0 Å². The first kappa shape index (κ1) is 19.6. The van der Waals surface area contributed by atoms with Crippen LogP contribution in [0.15, 0.2) is 24.3 Å². The maximum Gasteiger partial charge on any atom is 0.277 e. The van der Waals surface area contributed by atoms with Crippen LogP contribution in [0.4, 0.5) is 14.5 Å². The highest BCUT2D eigenvalue weighted by molar-refractivity contribution is 6.30. The molecule has 1 heterocycles. The summed E-state index contributed by atoms with van der Waals surface area (Å²) in [6.07, 6.45) is -0.0113. The number of hydrogen-bond acceptors (Lipinski definition) is 3. The van der Waals surface area contributed by atoms with Gasteiger partial charge in [0.1, 0.15) is 0 Å². The van der Waals surface area contributed by atoms with Crippen molar-refractivity contribution in [2.45, 2.75) is 12.3 Å². The average Bonchev–Trinajstić information content (AvgIpc) is 2.88. The van der Waals surface area contributed by atoms with Gasteiger partial charge in [-0.3, -0.25) is 9.59 Å². The number of carbonyl (C=O) groups excluding carboxylic acids is 2. The second kappa shape index (κ2) is 7.90. The lowest BCUT2D eigenvalue weighted by atomic mass is 10.1. The molecular weight excluding hydrogens is 351 g/mol. The van der Waals surface area contributed by atoms with Gasteiger partial charge in [-0.2, -0.15) is 0 Å². The predicted octanol–water partition coefficient (Wildman–Crippen LogP) is 1.82. The van der Waals surface area contributed by atoms with Crippen LogP contribution in [0, 0.1) is 5.92 Å². The summed E-state index contributed by atoms with van der Waals surface area (Å²) in [5.41, 5.74) is 5.53. The molecule has 1 atom stereocenters. The van der Waals surface area contributed by atoms with Crippen molar-refractivity contribution in [2.24, 2.45) is 11.7 Å². The van der Waals surface area contributed by atoms with Crippen molar-refractivity contribution in [2.75, 3.05) is 24.5 Å². The SMILES string of the molecule is Cl.NCC(F)(F)CNC(=O)C1CC(=O)N(c2ccc(Cl)cc2)C1. The van der Waals surface area contributed by atoms with Crippen molar-refractivity contribution in [1.82, 2.24) is 5.32 Å². The van der Waals surface area contributed by atoms with Crippen molar-refractivity contribution in [3.63, 3.8) is 0 Å². The molecule has 1 saturated heterocycles. The van der Waals surface area contributed by atoms with E-state index in [1.54, 1.807) is 24.3 Å². The fraction of sp³-hybridized carbons (Fsp3) is 0.429. The molecule has 1 aliphatic rings. The molecule has 3 N–H and O–H groups in total. The van der Waals surface area contributed by atoms with E-state index >= 15 is 0 Å². The third-order valence-electron chi connectivity index (χ3n) is 3.45. The largest absolute Gasteiger partial charge is 0.350 e. The standard InChI is InChI=1S/C14H16ClF2N3O2.ClH/c15-10-1-3-11(4-2-10)20-6-9(5-12(20)21)13(22)19-8-14(16,17)7-18;/h1-4,9H,5-8,18H2,(H,19,22);1H. The molecule has 1 aromatic carbocycles. The third-order valence-corrected chi connectivity index (χ3v) is 3.71. The molecule has 5 nitrogen and oxygen atoms in total. The quantitative estimate of drug-likeness (QED) is 0.833. The zero-order valence-corrected chi connectivity index (χ0v) is 13.7. The summed E-state index contributed by atoms with van der Waals surface area (Å²) < 4.78 is 26.1. The lowest BCUT2D eigenvalue weighted by Gasteiger charge is -2.18. The van der Waals surface area contributed by atoms with Crippen LogP contribution in [0.2, 0.25) is 5.02 Å². The number of halogens is 4. The molecule has 2 amide bonds. The van der Waals surface area contributed by atoms with Crippen molar-refractivity contribution >= 4 is 41.5 Å². The summed E-state index contributed by atoms with van der Waals surface area (Å²) in [4.78, 5) is 25.3. The molecule has 9 heteroatoms. The van der Waals surface area contributed by atoms with Crippen LogP contribution < -0.4 is 16.0 Å². The van der Waals surface area contributed by atoms with Gasteiger partial charge in [0.2, 0.25) is 11.8 Å². The number of nitrogens with two attached hydrogens (primary N) is 1. The number of amides is 2. The molecule has 1 fully saturated rings. The van der Waals surface area contributed by atoms with E-state index in [-0.39, 0.29) is 31.3 Å². The minimum Gasteiger partial charge on any atom is -0.350 e. The first-order chi connectivity index (χ1) is 10.3. The topological polar surface area (TPSA) is 75.4 Å². The number of carbonyl (C=O) groups is 2. The van der Waals surface area contributed by atoms with Crippen LogP contribution in [-0.2, 0) is 9.59 Å². The van der Waals surface area contributed by atoms with Gasteiger partial charge in [-0.15, -0.1) is 12.4 Å². The van der Waals surface area contributed by atoms with E-state index in [4.69, 9.17) is 17.3 Å². The van der Waals surface area contributed by atoms with Gasteiger partial charge in [0, 0.05) is 23.7 Å². The van der Waals surface area contributed by atoms with Crippen molar-refractivity contribution in [3.8, 4) is 0 Å². The summed E-state index contributed by atoms with van der Waals surface area (Å²) in [6, 6.07) is 6.62. The van der Waals surface area contributed by atoms with E-state index in [0.717, 1.165) is 0 Å². The van der Waals surface area contributed by atoms with Crippen molar-refractivity contribution in [1.29, 1.82) is 0 Å². The molecule has 23 heavy (non-hydrogen) atoms. The maximum absolute atomic E-state index is 13.0. The first-order valence-corrected chi connectivity index (χ1v) is 7.12. The molecule has 1 aliphatic heterocycles. The second-order valence-electron chi connectivity index (χ2n) is 5.16. The van der Waals surface area contributed by atoms with E-state index in [1.165, 1.54) is 4.90 Å². The normalized spacial score (nSPS) is 17.8. The smallest absolute Gasteiger partial charge is 0.277 e. The lowest BCUT2D eigenvalue weighted by molar-refractivity contribution is -0.127. The van der Waals surface area contributed by atoms with Gasteiger partial charge in [0.15, 0.2) is 0 Å². The third kappa shape index (κ3) is 5.02. The summed E-state index contributed by atoms with van der Waals surface area (Å²) in [5.74, 6) is -4.60. The van der Waals surface area contributed by atoms with Crippen molar-refractivity contribution < 1.29 is 18.4 Å². The highest BCUT2D eigenvalue weighted by Crippen LogP contribution is 2.26. The van der Waals surface area contributed by atoms with Gasteiger partial charge in [-0.05, 0) is 24.3 Å². The Balaban J connectivity index is 0.00000264. The highest BCUT2D eigenvalue weighted by atomic mass is 35.5. The molecule has 0 spiro atoms. The number of nitrogens with zero attached hydrogens (tertiary/aromatic N) is 1. The van der Waals surface area contributed by atoms with Crippen molar-refractivity contribution in [3.05, 3.63) is 29.3 Å². The van der Waals surface area contributed by atoms with E-state index in [1.807, 2.05) is 0 Å². The van der Waals surface area contributed by atoms with E-state index < -0.39 is 30.8 Å². The van der Waals surface area contributed by atoms with Crippen LogP contribution in [0.3, 0.4) is 0 Å². The fourth-order valence-corrected chi connectivity index (χ4v) is 2.31. The molecule has 0 radical (unpaired) electrons. The average molecular weight is 368 g/mol. The summed E-state index contributed by atoms with van der Waals surface area (Å²) in [6.45, 7) is -1.51. The monoisotopic (exact) mass is 367 g/mol. The van der Waals surface area contributed by atoms with Gasteiger partial charge in [-0.1, -0.05) is 11.6 Å². The Morgan fingerprint density at radius 3 is 2.57 bits per heavy atom. The molecule has 0 saturated carbocycles. The number of hydrogen-bond donors (Lipinski definition) is 2. The first-order valence-electron chi connectivity index (χ1n) is 6.74. The summed E-state index contributed by atoms with van der Waals surface area (Å²) in [5, 5.41) is 2.68. The number of benzene rings is 1. The predicted molar refractivity (Wildman–Crippen MR) is 86.2 cm³/mol. The van der Waals surface area contributed by atoms with Gasteiger partial charge < -0.3 is 16.0 Å². The van der Waals surface area contributed by atoms with Gasteiger partial charge in [0.25, 0.3) is 5.92 Å². The number of rotatable bonds is 5. The maximum atomic E-state index is 13.0. The Morgan fingerprint density at radius 2 is 2.00 bits per heavy atom. The summed E-state index contributed by atoms with van der Waals surface area (Å²) in [7, 11) is 0. The van der Waals surface area contributed by atoms with Gasteiger partial charge in [-0.25, -0.2) is 8.78 Å². The number of nitrogens with one attached hydrogen (secondary N) is 1. The molecule has 2 rings (SSSR count). The molecule has 1 aromatic rings. The molecular formula is C14H17Cl2F2N3O2. The zero-order valence-electron chi connectivity index (χ0n) is 12.1. The minimum atomic E-state index is -3.14. The molecule has 1 unspecified atom stereocenters. The molecule has 0 aliphatic carbocycles. The van der Waals surface area contributed by atoms with Gasteiger partial charge >= 0.3 is 0 Å². The van der Waals surface area contributed by atoms with Crippen LogP contribution in [-0.4, -0.2) is 37.4 Å². The summed E-state index contributed by atoms with van der Waals surface area (Å²) >= 11 is 5.78. The van der Waals surface area contributed by atoms with Crippen LogP contribution >= 0.6 is 24.0 Å². The Labute approximate surface area is 143 Å². The molecule has 128 valence electrons. The van der Waals surface area contributed by atoms with E-state index in [9.17, 15) is 18.4 Å². The van der Waals surface area contributed by atoms with E-state index in [0.29, 0.717) is 10.7 Å². The zero-order chi connectivity index (χ0) is 16.3. The Kier molecular flexibility index (Phi) is 6.73.